The van der Waals surface area contributed by atoms with Crippen LogP contribution in [0.25, 0.3) is 0 Å². The molecule has 23 heavy (non-hydrogen) atoms. The summed E-state index contributed by atoms with van der Waals surface area (Å²) in [5.41, 5.74) is 0. The summed E-state index contributed by atoms with van der Waals surface area (Å²) in [6.07, 6.45) is 3.99. The highest BCUT2D eigenvalue weighted by molar-refractivity contribution is 7.91. The summed E-state index contributed by atoms with van der Waals surface area (Å²) in [5, 5.41) is 1.75. The number of sulfonamides is 1. The number of aromatic nitrogens is 2. The summed E-state index contributed by atoms with van der Waals surface area (Å²) >= 11 is 1.21. The molecule has 0 saturated carbocycles. The highest BCUT2D eigenvalue weighted by atomic mass is 32.2. The van der Waals surface area contributed by atoms with Crippen molar-refractivity contribution in [2.24, 2.45) is 5.92 Å². The number of anilines is 1. The molecule has 0 unspecified atom stereocenters. The Hall–Kier alpha value is -1.58. The molecule has 1 fully saturated rings. The van der Waals surface area contributed by atoms with E-state index in [9.17, 15) is 12.8 Å². The first kappa shape index (κ1) is 16.3. The number of nitrogens with one attached hydrogen (secondary N) is 1. The van der Waals surface area contributed by atoms with Gasteiger partial charge >= 0.3 is 0 Å². The Morgan fingerprint density at radius 1 is 1.30 bits per heavy atom. The molecule has 2 aromatic rings. The van der Waals surface area contributed by atoms with E-state index < -0.39 is 15.8 Å². The zero-order valence-electron chi connectivity index (χ0n) is 12.4. The predicted molar refractivity (Wildman–Crippen MR) is 86.4 cm³/mol. The van der Waals surface area contributed by atoms with Crippen molar-refractivity contribution in [1.29, 1.82) is 0 Å². The van der Waals surface area contributed by atoms with Crippen LogP contribution in [0.2, 0.25) is 0 Å². The van der Waals surface area contributed by atoms with Gasteiger partial charge < -0.3 is 4.90 Å². The predicted octanol–water partition coefficient (Wildman–Crippen LogP) is 1.87. The molecule has 9 heteroatoms. The van der Waals surface area contributed by atoms with Gasteiger partial charge in [0, 0.05) is 19.6 Å². The molecule has 0 aromatic carbocycles. The van der Waals surface area contributed by atoms with Gasteiger partial charge in [0.25, 0.3) is 0 Å². The summed E-state index contributed by atoms with van der Waals surface area (Å²) in [5.74, 6) is 0.345. The van der Waals surface area contributed by atoms with E-state index in [1.54, 1.807) is 17.5 Å². The number of thiophene rings is 1. The van der Waals surface area contributed by atoms with Crippen LogP contribution in [0.3, 0.4) is 0 Å². The van der Waals surface area contributed by atoms with Crippen LogP contribution in [0.4, 0.5) is 10.3 Å². The molecule has 0 bridgehead atoms. The smallest absolute Gasteiger partial charge is 0.250 e. The molecule has 124 valence electrons. The molecular formula is C14H17FN4O2S2. The van der Waals surface area contributed by atoms with Gasteiger partial charge in [0.05, 0.1) is 12.4 Å². The van der Waals surface area contributed by atoms with Crippen molar-refractivity contribution in [2.75, 3.05) is 24.5 Å². The fourth-order valence-corrected chi connectivity index (χ4v) is 4.67. The fraction of sp³-hybridized carbons (Fsp3) is 0.429. The lowest BCUT2D eigenvalue weighted by molar-refractivity contribution is 0.399. The zero-order chi connectivity index (χ0) is 16.3. The molecule has 0 spiro atoms. The Morgan fingerprint density at radius 3 is 2.61 bits per heavy atom. The molecule has 1 aliphatic rings. The molecule has 1 aliphatic heterocycles. The maximum Gasteiger partial charge on any atom is 0.250 e. The van der Waals surface area contributed by atoms with E-state index in [0.717, 1.165) is 38.3 Å². The van der Waals surface area contributed by atoms with Crippen LogP contribution >= 0.6 is 11.3 Å². The summed E-state index contributed by atoms with van der Waals surface area (Å²) in [6.45, 7) is 1.90. The van der Waals surface area contributed by atoms with Gasteiger partial charge in [0.15, 0.2) is 5.82 Å². The minimum atomic E-state index is -3.40. The minimum absolute atomic E-state index is 0.279. The Labute approximate surface area is 138 Å². The van der Waals surface area contributed by atoms with Crippen molar-refractivity contribution in [3.05, 3.63) is 35.7 Å². The summed E-state index contributed by atoms with van der Waals surface area (Å²) in [6, 6.07) is 3.32. The second kappa shape index (κ2) is 6.90. The van der Waals surface area contributed by atoms with E-state index in [2.05, 4.69) is 14.7 Å². The van der Waals surface area contributed by atoms with Crippen molar-refractivity contribution in [1.82, 2.24) is 14.7 Å². The van der Waals surface area contributed by atoms with E-state index in [-0.39, 0.29) is 5.92 Å². The topological polar surface area (TPSA) is 75.2 Å². The first-order valence-electron chi connectivity index (χ1n) is 7.30. The molecule has 2 aromatic heterocycles. The van der Waals surface area contributed by atoms with Crippen molar-refractivity contribution in [3.8, 4) is 0 Å². The van der Waals surface area contributed by atoms with Gasteiger partial charge in [-0.3, -0.25) is 0 Å². The van der Waals surface area contributed by atoms with Crippen LogP contribution < -0.4 is 9.62 Å². The van der Waals surface area contributed by atoms with Crippen LogP contribution in [0.5, 0.6) is 0 Å². The standard InChI is InChI=1S/C14H17FN4O2S2/c15-12-9-16-14(17-10-12)19-5-3-11(4-6-19)8-18-23(20,21)13-2-1-7-22-13/h1-2,7,9-11,18H,3-6,8H2. The Bertz CT molecular complexity index is 727. The molecule has 1 saturated heterocycles. The van der Waals surface area contributed by atoms with Crippen molar-refractivity contribution >= 4 is 27.3 Å². The van der Waals surface area contributed by atoms with Gasteiger partial charge in [0.2, 0.25) is 16.0 Å². The third kappa shape index (κ3) is 4.04. The largest absolute Gasteiger partial charge is 0.341 e. The Morgan fingerprint density at radius 2 is 2.00 bits per heavy atom. The monoisotopic (exact) mass is 356 g/mol. The molecular weight excluding hydrogens is 339 g/mol. The molecule has 1 N–H and O–H groups in total. The Balaban J connectivity index is 1.51. The normalized spacial score (nSPS) is 16.7. The van der Waals surface area contributed by atoms with E-state index in [1.807, 2.05) is 4.90 Å². The van der Waals surface area contributed by atoms with Gasteiger partial charge in [-0.1, -0.05) is 6.07 Å². The summed E-state index contributed by atoms with van der Waals surface area (Å²) < 4.78 is 40.0. The molecule has 0 radical (unpaired) electrons. The average molecular weight is 356 g/mol. The van der Waals surface area contributed by atoms with Crippen LogP contribution in [0, 0.1) is 11.7 Å². The number of rotatable bonds is 5. The average Bonchev–Trinajstić information content (AvgIpc) is 3.10. The van der Waals surface area contributed by atoms with E-state index >= 15 is 0 Å². The van der Waals surface area contributed by atoms with Gasteiger partial charge in [0.1, 0.15) is 4.21 Å². The second-order valence-corrected chi connectivity index (χ2v) is 8.36. The zero-order valence-corrected chi connectivity index (χ0v) is 14.0. The minimum Gasteiger partial charge on any atom is -0.341 e. The van der Waals surface area contributed by atoms with Crippen LogP contribution in [-0.2, 0) is 10.0 Å². The molecule has 0 atom stereocenters. The third-order valence-corrected chi connectivity index (χ3v) is 6.65. The van der Waals surface area contributed by atoms with Crippen LogP contribution in [0.15, 0.2) is 34.1 Å². The molecule has 0 amide bonds. The highest BCUT2D eigenvalue weighted by Crippen LogP contribution is 2.21. The van der Waals surface area contributed by atoms with E-state index in [4.69, 9.17) is 0 Å². The number of hydrogen-bond acceptors (Lipinski definition) is 6. The quantitative estimate of drug-likeness (QED) is 0.885. The molecule has 3 rings (SSSR count). The second-order valence-electron chi connectivity index (χ2n) is 5.42. The third-order valence-electron chi connectivity index (χ3n) is 3.83. The summed E-state index contributed by atoms with van der Waals surface area (Å²) in [4.78, 5) is 9.94. The molecule has 0 aliphatic carbocycles. The Kier molecular flexibility index (Phi) is 4.88. The van der Waals surface area contributed by atoms with Crippen LogP contribution in [-0.4, -0.2) is 38.0 Å². The number of nitrogens with zero attached hydrogens (tertiary/aromatic N) is 3. The molecule has 3 heterocycles. The molecule has 6 nitrogen and oxygen atoms in total. The number of halogens is 1. The SMILES string of the molecule is O=S(=O)(NCC1CCN(c2ncc(F)cn2)CC1)c1cccs1. The van der Waals surface area contributed by atoms with E-state index in [0.29, 0.717) is 16.7 Å². The van der Waals surface area contributed by atoms with Crippen LogP contribution in [0.1, 0.15) is 12.8 Å². The maximum atomic E-state index is 12.8. The lowest BCUT2D eigenvalue weighted by Crippen LogP contribution is -2.39. The number of piperidine rings is 1. The van der Waals surface area contributed by atoms with Crippen molar-refractivity contribution in [3.63, 3.8) is 0 Å². The van der Waals surface area contributed by atoms with Crippen molar-refractivity contribution in [2.45, 2.75) is 17.1 Å². The van der Waals surface area contributed by atoms with E-state index in [1.165, 1.54) is 11.3 Å². The fourth-order valence-electron chi connectivity index (χ4n) is 2.52. The first-order valence-corrected chi connectivity index (χ1v) is 9.66. The van der Waals surface area contributed by atoms with Gasteiger partial charge in [-0.05, 0) is 30.2 Å². The van der Waals surface area contributed by atoms with Gasteiger partial charge in [-0.25, -0.2) is 27.5 Å². The first-order chi connectivity index (χ1) is 11.0. The van der Waals surface area contributed by atoms with Gasteiger partial charge in [-0.15, -0.1) is 11.3 Å². The van der Waals surface area contributed by atoms with Gasteiger partial charge in [-0.2, -0.15) is 0 Å². The highest BCUT2D eigenvalue weighted by Gasteiger charge is 2.23. The lowest BCUT2D eigenvalue weighted by atomic mass is 9.97. The number of hydrogen-bond donors (Lipinski definition) is 1. The maximum absolute atomic E-state index is 12.8. The lowest BCUT2D eigenvalue weighted by Gasteiger charge is -2.31. The summed E-state index contributed by atoms with van der Waals surface area (Å²) in [7, 11) is -3.40. The van der Waals surface area contributed by atoms with Crippen molar-refractivity contribution < 1.29 is 12.8 Å².